The van der Waals surface area contributed by atoms with Crippen LogP contribution in [0.2, 0.25) is 0 Å². The van der Waals surface area contributed by atoms with Gasteiger partial charge in [-0.25, -0.2) is 4.39 Å². The summed E-state index contributed by atoms with van der Waals surface area (Å²) in [5.74, 6) is 2.76. The second-order valence-electron chi connectivity index (χ2n) is 9.55. The Morgan fingerprint density at radius 1 is 1.03 bits per heavy atom. The van der Waals surface area contributed by atoms with E-state index in [1.807, 2.05) is 12.1 Å². The lowest BCUT2D eigenvalue weighted by atomic mass is 9.98. The van der Waals surface area contributed by atoms with Gasteiger partial charge in [0.05, 0.1) is 23.0 Å². The molecule has 5 nitrogen and oxygen atoms in total. The van der Waals surface area contributed by atoms with Crippen molar-refractivity contribution in [3.05, 3.63) is 47.4 Å². The van der Waals surface area contributed by atoms with Crippen LogP contribution in [0.25, 0.3) is 11.3 Å². The van der Waals surface area contributed by atoms with E-state index < -0.39 is 0 Å². The molecule has 3 atom stereocenters. The van der Waals surface area contributed by atoms with Crippen molar-refractivity contribution >= 4 is 0 Å². The minimum atomic E-state index is -0.372. The summed E-state index contributed by atoms with van der Waals surface area (Å²) in [7, 11) is 0. The number of nitrogens with zero attached hydrogens (tertiary/aromatic N) is 4. The highest BCUT2D eigenvalue weighted by Gasteiger charge is 2.41. The van der Waals surface area contributed by atoms with Gasteiger partial charge in [0.25, 0.3) is 0 Å². The maximum Gasteiger partial charge on any atom is 0.123 e. The quantitative estimate of drug-likeness (QED) is 0.729. The van der Waals surface area contributed by atoms with Crippen LogP contribution in [0.1, 0.15) is 36.9 Å². The third kappa shape index (κ3) is 4.63. The van der Waals surface area contributed by atoms with Gasteiger partial charge in [-0.3, -0.25) is 0 Å². The maximum atomic E-state index is 13.6. The number of hydrogen-bond acceptors (Lipinski definition) is 5. The molecule has 1 saturated carbocycles. The van der Waals surface area contributed by atoms with Gasteiger partial charge in [-0.15, -0.1) is 0 Å². The van der Waals surface area contributed by atoms with Crippen molar-refractivity contribution in [3.8, 4) is 17.3 Å². The summed E-state index contributed by atoms with van der Waals surface area (Å²) in [6.07, 6.45) is 5.94. The second kappa shape index (κ2) is 9.02. The Bertz CT molecular complexity index is 937. The molecule has 1 aromatic carbocycles. The van der Waals surface area contributed by atoms with Gasteiger partial charge in [-0.2, -0.15) is 15.5 Å². The number of ether oxygens (including phenoxy) is 1. The van der Waals surface area contributed by atoms with E-state index >= 15 is 0 Å². The average molecular weight is 421 g/mol. The lowest BCUT2D eigenvalue weighted by Crippen LogP contribution is -2.31. The van der Waals surface area contributed by atoms with Crippen LogP contribution in [0.3, 0.4) is 0 Å². The molecule has 1 aliphatic carbocycles. The van der Waals surface area contributed by atoms with Crippen LogP contribution in [0.15, 0.2) is 30.3 Å². The molecule has 6 heteroatoms. The monoisotopic (exact) mass is 420 g/mol. The average Bonchev–Trinajstić information content (AvgIpc) is 3.33. The Balaban J connectivity index is 1.16. The molecule has 1 unspecified atom stereocenters. The molecule has 0 N–H and O–H groups in total. The predicted octanol–water partition coefficient (Wildman–Crippen LogP) is 4.08. The second-order valence-corrected chi connectivity index (χ2v) is 9.55. The summed E-state index contributed by atoms with van der Waals surface area (Å²) in [5.41, 5.74) is 2.45. The Morgan fingerprint density at radius 2 is 1.81 bits per heavy atom. The first kappa shape index (κ1) is 20.5. The summed E-state index contributed by atoms with van der Waals surface area (Å²) >= 11 is 0. The molecule has 162 valence electrons. The van der Waals surface area contributed by atoms with E-state index in [0.717, 1.165) is 43.1 Å². The van der Waals surface area contributed by atoms with Gasteiger partial charge in [0, 0.05) is 38.4 Å². The van der Waals surface area contributed by atoms with Gasteiger partial charge in [-0.05, 0) is 86.1 Å². The number of hydrogen-bond donors (Lipinski definition) is 0. The zero-order valence-electron chi connectivity index (χ0n) is 17.8. The Labute approximate surface area is 183 Å². The fourth-order valence-corrected chi connectivity index (χ4v) is 5.87. The molecule has 3 aliphatic rings. The van der Waals surface area contributed by atoms with E-state index in [4.69, 9.17) is 4.74 Å². The lowest BCUT2D eigenvalue weighted by Gasteiger charge is -2.27. The molecule has 0 amide bonds. The maximum absolute atomic E-state index is 13.6. The van der Waals surface area contributed by atoms with Crippen LogP contribution < -0.4 is 0 Å². The topological polar surface area (TPSA) is 62.0 Å². The number of rotatable bonds is 5. The van der Waals surface area contributed by atoms with Crippen LogP contribution in [0.4, 0.5) is 4.39 Å². The molecule has 3 heterocycles. The van der Waals surface area contributed by atoms with Crippen LogP contribution in [-0.4, -0.2) is 47.9 Å². The largest absolute Gasteiger partial charge is 0.381 e. The highest BCUT2D eigenvalue weighted by atomic mass is 19.1. The first-order valence-corrected chi connectivity index (χ1v) is 11.5. The van der Waals surface area contributed by atoms with E-state index in [-0.39, 0.29) is 5.82 Å². The smallest absolute Gasteiger partial charge is 0.123 e. The van der Waals surface area contributed by atoms with E-state index in [1.165, 1.54) is 63.5 Å². The predicted molar refractivity (Wildman–Crippen MR) is 116 cm³/mol. The minimum absolute atomic E-state index is 0.372. The summed E-state index contributed by atoms with van der Waals surface area (Å²) in [5, 5.41) is 18.0. The van der Waals surface area contributed by atoms with Crippen molar-refractivity contribution < 1.29 is 9.13 Å². The molecule has 3 fully saturated rings. The molecule has 5 rings (SSSR count). The molecule has 0 radical (unpaired) electrons. The zero-order valence-corrected chi connectivity index (χ0v) is 17.8. The van der Waals surface area contributed by atoms with Crippen LogP contribution in [0, 0.1) is 40.8 Å². The highest BCUT2D eigenvalue weighted by Crippen LogP contribution is 2.43. The summed E-state index contributed by atoms with van der Waals surface area (Å²) in [6, 6.07) is 10.1. The molecular weight excluding hydrogens is 391 g/mol. The Morgan fingerprint density at radius 3 is 2.48 bits per heavy atom. The molecule has 2 aliphatic heterocycles. The first-order chi connectivity index (χ1) is 15.2. The number of likely N-dealkylation sites (tertiary alicyclic amines) is 1. The third-order valence-corrected chi connectivity index (χ3v) is 7.38. The van der Waals surface area contributed by atoms with Gasteiger partial charge >= 0.3 is 0 Å². The molecule has 0 spiro atoms. The third-order valence-electron chi connectivity index (χ3n) is 7.38. The van der Waals surface area contributed by atoms with Gasteiger partial charge in [0.2, 0.25) is 0 Å². The summed E-state index contributed by atoms with van der Waals surface area (Å²) < 4.78 is 19.1. The zero-order chi connectivity index (χ0) is 21.2. The van der Waals surface area contributed by atoms with E-state index in [1.54, 1.807) is 0 Å². The summed E-state index contributed by atoms with van der Waals surface area (Å²) in [6.45, 7) is 5.62. The molecule has 2 aromatic rings. The van der Waals surface area contributed by atoms with Crippen molar-refractivity contribution in [1.82, 2.24) is 15.1 Å². The first-order valence-electron chi connectivity index (χ1n) is 11.5. The van der Waals surface area contributed by atoms with Crippen molar-refractivity contribution in [3.63, 3.8) is 0 Å². The fourth-order valence-electron chi connectivity index (χ4n) is 5.87. The van der Waals surface area contributed by atoms with Gasteiger partial charge in [-0.1, -0.05) is 0 Å². The summed E-state index contributed by atoms with van der Waals surface area (Å²) in [4.78, 5) is 2.70. The number of benzene rings is 1. The SMILES string of the molecule is N#Cc1ccc(F)cc1-c1ccc(CC2C[C@@H]3CN(CC4CCOCC4)C[C@@H]3C2)nn1. The van der Waals surface area contributed by atoms with E-state index in [2.05, 4.69) is 21.2 Å². The fraction of sp³-hybridized carbons (Fsp3) is 0.560. The number of aromatic nitrogens is 2. The van der Waals surface area contributed by atoms with Crippen molar-refractivity contribution in [2.75, 3.05) is 32.8 Å². The van der Waals surface area contributed by atoms with E-state index in [9.17, 15) is 9.65 Å². The minimum Gasteiger partial charge on any atom is -0.381 e. The standard InChI is InChI=1S/C25H29FN4O/c26-22-2-1-19(13-27)24(12-22)25-4-3-23(28-29-25)11-18-9-20-15-30(16-21(20)10-18)14-17-5-7-31-8-6-17/h1-4,12,17-18,20-21H,5-11,14-16H2/t18?,20-,21+. The molecule has 31 heavy (non-hydrogen) atoms. The van der Waals surface area contributed by atoms with Gasteiger partial charge in [0.15, 0.2) is 0 Å². The number of fused-ring (bicyclic) bond motifs is 1. The Kier molecular flexibility index (Phi) is 5.97. The molecular formula is C25H29FN4O. The number of nitriles is 1. The normalized spacial score (nSPS) is 26.6. The van der Waals surface area contributed by atoms with Gasteiger partial charge in [0.1, 0.15) is 5.82 Å². The molecule has 0 bridgehead atoms. The van der Waals surface area contributed by atoms with Crippen molar-refractivity contribution in [2.45, 2.75) is 32.1 Å². The van der Waals surface area contributed by atoms with Gasteiger partial charge < -0.3 is 9.64 Å². The number of halogens is 1. The van der Waals surface area contributed by atoms with Crippen molar-refractivity contribution in [2.24, 2.45) is 23.7 Å². The molecule has 2 saturated heterocycles. The molecule has 1 aromatic heterocycles. The van der Waals surface area contributed by atoms with E-state index in [0.29, 0.717) is 22.7 Å². The van der Waals surface area contributed by atoms with Crippen molar-refractivity contribution in [1.29, 1.82) is 5.26 Å². The van der Waals surface area contributed by atoms with Crippen LogP contribution in [0.5, 0.6) is 0 Å². The van der Waals surface area contributed by atoms with Crippen LogP contribution in [-0.2, 0) is 11.2 Å². The highest BCUT2D eigenvalue weighted by molar-refractivity contribution is 5.66. The lowest BCUT2D eigenvalue weighted by molar-refractivity contribution is 0.0544. The van der Waals surface area contributed by atoms with Crippen LogP contribution >= 0.6 is 0 Å². The Hall–Kier alpha value is -2.36.